The molecule has 2 aliphatic rings. The average molecular weight is 401 g/mol. The first-order valence-electron chi connectivity index (χ1n) is 9.33. The van der Waals surface area contributed by atoms with Gasteiger partial charge in [0.15, 0.2) is 0 Å². The zero-order valence-electron chi connectivity index (χ0n) is 16.5. The largest absolute Gasteiger partial charge is 0.496 e. The zero-order chi connectivity index (χ0) is 20.9. The van der Waals surface area contributed by atoms with Gasteiger partial charge in [-0.25, -0.2) is 4.79 Å². The summed E-state index contributed by atoms with van der Waals surface area (Å²) in [5.74, 6) is 0.00226. The maximum atomic E-state index is 13.0. The molecule has 2 heterocycles. The van der Waals surface area contributed by atoms with Gasteiger partial charge < -0.3 is 19.5 Å². The third kappa shape index (κ3) is 3.92. The van der Waals surface area contributed by atoms with Crippen LogP contribution in [0.25, 0.3) is 0 Å². The summed E-state index contributed by atoms with van der Waals surface area (Å²) in [6, 6.07) is 2.69. The van der Waals surface area contributed by atoms with Gasteiger partial charge in [-0.05, 0) is 45.7 Å². The Hall–Kier alpha value is -1.96. The van der Waals surface area contributed by atoms with E-state index in [2.05, 4.69) is 0 Å². The smallest absolute Gasteiger partial charge is 0.416 e. The number of alkyl halides is 3. The van der Waals surface area contributed by atoms with Crippen LogP contribution in [0.3, 0.4) is 0 Å². The predicted molar refractivity (Wildman–Crippen MR) is 96.0 cm³/mol. The Labute approximate surface area is 162 Å². The highest BCUT2D eigenvalue weighted by Gasteiger charge is 2.52. The Morgan fingerprint density at radius 1 is 1.18 bits per heavy atom. The van der Waals surface area contributed by atoms with Gasteiger partial charge in [-0.2, -0.15) is 13.2 Å². The van der Waals surface area contributed by atoms with Crippen LogP contribution in [0.1, 0.15) is 57.6 Å². The molecule has 5 nitrogen and oxygen atoms in total. The van der Waals surface area contributed by atoms with E-state index in [-0.39, 0.29) is 30.7 Å². The lowest BCUT2D eigenvalue weighted by Crippen LogP contribution is -2.53. The number of hydrogen-bond acceptors (Lipinski definition) is 4. The SMILES string of the molecule is COc1cc(C(F)(F)F)ccc1C1(O)CC2CCC(C1)N2C(=O)OC(C)(C)C. The molecule has 28 heavy (non-hydrogen) atoms. The number of halogens is 3. The van der Waals surface area contributed by atoms with Gasteiger partial charge in [0, 0.05) is 30.5 Å². The van der Waals surface area contributed by atoms with E-state index in [1.165, 1.54) is 13.2 Å². The van der Waals surface area contributed by atoms with Crippen molar-refractivity contribution < 1.29 is 32.5 Å². The van der Waals surface area contributed by atoms with Gasteiger partial charge in [-0.1, -0.05) is 6.07 Å². The van der Waals surface area contributed by atoms with Crippen LogP contribution >= 0.6 is 0 Å². The van der Waals surface area contributed by atoms with Crippen molar-refractivity contribution in [1.82, 2.24) is 4.90 Å². The molecule has 8 heteroatoms. The molecule has 2 aliphatic heterocycles. The molecule has 2 unspecified atom stereocenters. The maximum absolute atomic E-state index is 13.0. The van der Waals surface area contributed by atoms with Crippen LogP contribution in [0.2, 0.25) is 0 Å². The number of aliphatic hydroxyl groups is 1. The Morgan fingerprint density at radius 2 is 1.75 bits per heavy atom. The van der Waals surface area contributed by atoms with Crippen LogP contribution in [0.5, 0.6) is 5.75 Å². The van der Waals surface area contributed by atoms with Crippen LogP contribution in [0.4, 0.5) is 18.0 Å². The summed E-state index contributed by atoms with van der Waals surface area (Å²) in [4.78, 5) is 14.2. The molecule has 2 fully saturated rings. The van der Waals surface area contributed by atoms with Crippen molar-refractivity contribution in [1.29, 1.82) is 0 Å². The van der Waals surface area contributed by atoms with E-state index < -0.39 is 29.0 Å². The highest BCUT2D eigenvalue weighted by molar-refractivity contribution is 5.70. The van der Waals surface area contributed by atoms with Crippen molar-refractivity contribution in [3.8, 4) is 5.75 Å². The second-order valence-corrected chi connectivity index (χ2v) is 8.63. The molecule has 1 amide bonds. The molecule has 1 aromatic rings. The molecular formula is C20H26F3NO4. The minimum Gasteiger partial charge on any atom is -0.496 e. The minimum absolute atomic E-state index is 0.00226. The molecule has 0 aliphatic carbocycles. The third-order valence-corrected chi connectivity index (χ3v) is 5.40. The van der Waals surface area contributed by atoms with Crippen LogP contribution in [0.15, 0.2) is 18.2 Å². The molecule has 2 atom stereocenters. The zero-order valence-corrected chi connectivity index (χ0v) is 16.5. The number of benzene rings is 1. The number of carbonyl (C=O) groups excluding carboxylic acids is 1. The molecular weight excluding hydrogens is 375 g/mol. The Kier molecular flexibility index (Phi) is 5.06. The van der Waals surface area contributed by atoms with Crippen molar-refractivity contribution in [3.63, 3.8) is 0 Å². The average Bonchev–Trinajstić information content (AvgIpc) is 2.84. The third-order valence-electron chi connectivity index (χ3n) is 5.40. The van der Waals surface area contributed by atoms with Crippen LogP contribution in [-0.2, 0) is 16.5 Å². The van der Waals surface area contributed by atoms with E-state index in [1.807, 2.05) is 0 Å². The summed E-state index contributed by atoms with van der Waals surface area (Å²) >= 11 is 0. The van der Waals surface area contributed by atoms with E-state index in [1.54, 1.807) is 25.7 Å². The number of carbonyl (C=O) groups is 1. The van der Waals surface area contributed by atoms with Gasteiger partial charge in [0.05, 0.1) is 18.3 Å². The van der Waals surface area contributed by atoms with Gasteiger partial charge in [0.2, 0.25) is 0 Å². The van der Waals surface area contributed by atoms with Crippen LogP contribution < -0.4 is 4.74 Å². The number of piperidine rings is 1. The summed E-state index contributed by atoms with van der Waals surface area (Å²) in [6.45, 7) is 5.38. The van der Waals surface area contributed by atoms with Crippen molar-refractivity contribution in [2.75, 3.05) is 7.11 Å². The van der Waals surface area contributed by atoms with Crippen LogP contribution in [0, 0.1) is 0 Å². The van der Waals surface area contributed by atoms with Crippen LogP contribution in [-0.4, -0.2) is 40.9 Å². The molecule has 1 aromatic carbocycles. The number of methoxy groups -OCH3 is 1. The number of amides is 1. The van der Waals surface area contributed by atoms with Gasteiger partial charge in [0.25, 0.3) is 0 Å². The first-order valence-corrected chi connectivity index (χ1v) is 9.33. The predicted octanol–water partition coefficient (Wildman–Crippen LogP) is 4.46. The highest BCUT2D eigenvalue weighted by Crippen LogP contribution is 2.49. The number of nitrogens with zero attached hydrogens (tertiary/aromatic N) is 1. The number of ether oxygens (including phenoxy) is 2. The first kappa shape index (κ1) is 20.8. The van der Waals surface area contributed by atoms with Gasteiger partial charge in [-0.3, -0.25) is 0 Å². The van der Waals surface area contributed by atoms with E-state index in [9.17, 15) is 23.1 Å². The van der Waals surface area contributed by atoms with Crippen molar-refractivity contribution in [2.24, 2.45) is 0 Å². The number of fused-ring (bicyclic) bond motifs is 2. The standard InChI is InChI=1S/C20H26F3NO4/c1-18(2,3)28-17(25)24-13-6-7-14(24)11-19(26,10-13)15-8-5-12(20(21,22)23)9-16(15)27-4/h5,8-9,13-14,26H,6-7,10-11H2,1-4H3. The van der Waals surface area contributed by atoms with Crippen molar-refractivity contribution in [2.45, 2.75) is 75.9 Å². The molecule has 1 N–H and O–H groups in total. The molecule has 156 valence electrons. The summed E-state index contributed by atoms with van der Waals surface area (Å²) in [5.41, 5.74) is -2.49. The Balaban J connectivity index is 1.87. The van der Waals surface area contributed by atoms with Crippen molar-refractivity contribution in [3.05, 3.63) is 29.3 Å². The second kappa shape index (κ2) is 6.83. The van der Waals surface area contributed by atoms with Gasteiger partial charge >= 0.3 is 12.3 Å². The molecule has 0 saturated carbocycles. The fourth-order valence-electron chi connectivity index (χ4n) is 4.31. The van der Waals surface area contributed by atoms with E-state index in [4.69, 9.17) is 9.47 Å². The second-order valence-electron chi connectivity index (χ2n) is 8.63. The summed E-state index contributed by atoms with van der Waals surface area (Å²) in [6.07, 6.45) is -3.02. The highest BCUT2D eigenvalue weighted by atomic mass is 19.4. The normalized spacial score (nSPS) is 27.6. The molecule has 0 spiro atoms. The maximum Gasteiger partial charge on any atom is 0.416 e. The summed E-state index contributed by atoms with van der Waals surface area (Å²) < 4.78 is 49.7. The lowest BCUT2D eigenvalue weighted by Gasteiger charge is -2.44. The monoisotopic (exact) mass is 401 g/mol. The van der Waals surface area contributed by atoms with E-state index in [0.717, 1.165) is 25.0 Å². The quantitative estimate of drug-likeness (QED) is 0.795. The van der Waals surface area contributed by atoms with Crippen molar-refractivity contribution >= 4 is 6.09 Å². The Morgan fingerprint density at radius 3 is 2.21 bits per heavy atom. The fourth-order valence-corrected chi connectivity index (χ4v) is 4.31. The molecule has 2 saturated heterocycles. The molecule has 0 radical (unpaired) electrons. The van der Waals surface area contributed by atoms with E-state index in [0.29, 0.717) is 5.56 Å². The van der Waals surface area contributed by atoms with Gasteiger partial charge in [0.1, 0.15) is 11.4 Å². The fraction of sp³-hybridized carbons (Fsp3) is 0.650. The number of rotatable bonds is 2. The van der Waals surface area contributed by atoms with E-state index >= 15 is 0 Å². The molecule has 0 aromatic heterocycles. The summed E-state index contributed by atoms with van der Waals surface area (Å²) in [7, 11) is 1.28. The van der Waals surface area contributed by atoms with Gasteiger partial charge in [-0.15, -0.1) is 0 Å². The number of hydrogen-bond donors (Lipinski definition) is 1. The summed E-state index contributed by atoms with van der Waals surface area (Å²) in [5, 5.41) is 11.3. The topological polar surface area (TPSA) is 59.0 Å². The Bertz CT molecular complexity index is 743. The lowest BCUT2D eigenvalue weighted by atomic mass is 9.80. The molecule has 2 bridgehead atoms. The molecule has 3 rings (SSSR count). The minimum atomic E-state index is -4.49. The lowest BCUT2D eigenvalue weighted by molar-refractivity contribution is -0.137. The first-order chi connectivity index (χ1) is 12.8.